The molecule has 1 heterocycles. The fourth-order valence-corrected chi connectivity index (χ4v) is 2.12. The van der Waals surface area contributed by atoms with Gasteiger partial charge in [-0.3, -0.25) is 0 Å². The first-order chi connectivity index (χ1) is 8.22. The quantitative estimate of drug-likeness (QED) is 0.859. The van der Waals surface area contributed by atoms with Crippen molar-refractivity contribution in [3.63, 3.8) is 0 Å². The predicted molar refractivity (Wildman–Crippen MR) is 64.1 cm³/mol. The molecular weight excluding hydrogens is 218 g/mol. The van der Waals surface area contributed by atoms with E-state index in [-0.39, 0.29) is 5.54 Å². The fourth-order valence-electron chi connectivity index (χ4n) is 2.12. The van der Waals surface area contributed by atoms with Crippen LogP contribution in [-0.2, 0) is 0 Å². The van der Waals surface area contributed by atoms with Gasteiger partial charge in [0, 0.05) is 12.3 Å². The molecule has 1 saturated carbocycles. The van der Waals surface area contributed by atoms with Crippen molar-refractivity contribution in [2.75, 3.05) is 13.7 Å². The molecule has 2 rings (SSSR count). The van der Waals surface area contributed by atoms with E-state index in [0.717, 1.165) is 12.8 Å². The van der Waals surface area contributed by atoms with Crippen molar-refractivity contribution in [3.05, 3.63) is 12.3 Å². The van der Waals surface area contributed by atoms with Crippen molar-refractivity contribution in [3.8, 4) is 11.9 Å². The third kappa shape index (κ3) is 3.30. The number of hydrogen-bond donors (Lipinski definition) is 1. The minimum atomic E-state index is -0.218. The van der Waals surface area contributed by atoms with E-state index in [2.05, 4.69) is 9.97 Å². The normalized spacial score (nSPS) is 18.7. The number of hydrogen-bond acceptors (Lipinski definition) is 5. The Morgan fingerprint density at radius 2 is 2.12 bits per heavy atom. The third-order valence-electron chi connectivity index (χ3n) is 3.16. The lowest BCUT2D eigenvalue weighted by atomic mass is 9.83. The van der Waals surface area contributed by atoms with Crippen molar-refractivity contribution in [1.29, 1.82) is 0 Å². The lowest BCUT2D eigenvalue weighted by Crippen LogP contribution is -2.47. The van der Waals surface area contributed by atoms with Gasteiger partial charge < -0.3 is 15.2 Å². The second-order valence-corrected chi connectivity index (χ2v) is 4.59. The molecule has 0 aliphatic heterocycles. The van der Waals surface area contributed by atoms with Crippen LogP contribution in [0.1, 0.15) is 32.1 Å². The van der Waals surface area contributed by atoms with Crippen LogP contribution in [0.3, 0.4) is 0 Å². The summed E-state index contributed by atoms with van der Waals surface area (Å²) in [7, 11) is 1.57. The summed E-state index contributed by atoms with van der Waals surface area (Å²) >= 11 is 0. The molecule has 1 aromatic heterocycles. The van der Waals surface area contributed by atoms with Gasteiger partial charge in [0.05, 0.1) is 12.6 Å². The molecule has 0 spiro atoms. The summed E-state index contributed by atoms with van der Waals surface area (Å²) in [5.74, 6) is 0.504. The minimum absolute atomic E-state index is 0.218. The van der Waals surface area contributed by atoms with Crippen LogP contribution < -0.4 is 15.2 Å². The molecule has 1 aliphatic carbocycles. The van der Waals surface area contributed by atoms with Crippen LogP contribution >= 0.6 is 0 Å². The van der Waals surface area contributed by atoms with Gasteiger partial charge in [-0.2, -0.15) is 4.98 Å². The number of ether oxygens (including phenoxy) is 2. The zero-order valence-corrected chi connectivity index (χ0v) is 10.2. The lowest BCUT2D eigenvalue weighted by Gasteiger charge is -2.32. The summed E-state index contributed by atoms with van der Waals surface area (Å²) in [5, 5.41) is 0. The molecule has 0 radical (unpaired) electrons. The Kier molecular flexibility index (Phi) is 3.78. The van der Waals surface area contributed by atoms with E-state index in [1.54, 1.807) is 19.4 Å². The Balaban J connectivity index is 1.92. The van der Waals surface area contributed by atoms with Crippen molar-refractivity contribution in [2.45, 2.75) is 37.6 Å². The molecule has 0 atom stereocenters. The Hall–Kier alpha value is -1.36. The monoisotopic (exact) mass is 237 g/mol. The molecule has 1 aromatic rings. The average molecular weight is 237 g/mol. The first-order valence-corrected chi connectivity index (χ1v) is 6.01. The maximum Gasteiger partial charge on any atom is 0.319 e. The van der Waals surface area contributed by atoms with Crippen LogP contribution in [0, 0.1) is 0 Å². The van der Waals surface area contributed by atoms with E-state index < -0.39 is 0 Å². The molecule has 0 unspecified atom stereocenters. The van der Waals surface area contributed by atoms with E-state index in [4.69, 9.17) is 15.2 Å². The molecule has 94 valence electrons. The Labute approximate surface area is 101 Å². The maximum atomic E-state index is 6.27. The SMILES string of the molecule is COc1ccnc(OCC2(N)CCCCC2)n1. The lowest BCUT2D eigenvalue weighted by molar-refractivity contribution is 0.162. The summed E-state index contributed by atoms with van der Waals surface area (Å²) in [5.41, 5.74) is 6.05. The van der Waals surface area contributed by atoms with Crippen LogP contribution in [0.2, 0.25) is 0 Å². The predicted octanol–water partition coefficient (Wildman–Crippen LogP) is 1.53. The summed E-state index contributed by atoms with van der Waals surface area (Å²) in [6.07, 6.45) is 7.27. The number of nitrogens with zero attached hydrogens (tertiary/aromatic N) is 2. The van der Waals surface area contributed by atoms with Crippen molar-refractivity contribution in [1.82, 2.24) is 9.97 Å². The molecule has 0 amide bonds. The molecule has 17 heavy (non-hydrogen) atoms. The van der Waals surface area contributed by atoms with E-state index in [1.165, 1.54) is 19.3 Å². The van der Waals surface area contributed by atoms with Gasteiger partial charge in [-0.15, -0.1) is 0 Å². The van der Waals surface area contributed by atoms with Crippen LogP contribution in [0.25, 0.3) is 0 Å². The van der Waals surface area contributed by atoms with Gasteiger partial charge >= 0.3 is 6.01 Å². The van der Waals surface area contributed by atoms with Gasteiger partial charge in [0.25, 0.3) is 0 Å². The van der Waals surface area contributed by atoms with Gasteiger partial charge in [0.15, 0.2) is 0 Å². The second-order valence-electron chi connectivity index (χ2n) is 4.59. The molecule has 2 N–H and O–H groups in total. The molecule has 0 bridgehead atoms. The van der Waals surface area contributed by atoms with Gasteiger partial charge in [0.1, 0.15) is 6.61 Å². The topological polar surface area (TPSA) is 70.3 Å². The highest BCUT2D eigenvalue weighted by molar-refractivity contribution is 5.11. The molecule has 5 heteroatoms. The van der Waals surface area contributed by atoms with Gasteiger partial charge in [-0.25, -0.2) is 4.98 Å². The molecule has 0 aromatic carbocycles. The third-order valence-corrected chi connectivity index (χ3v) is 3.16. The highest BCUT2D eigenvalue weighted by Crippen LogP contribution is 2.26. The van der Waals surface area contributed by atoms with Crippen LogP contribution in [0.5, 0.6) is 11.9 Å². The van der Waals surface area contributed by atoms with E-state index in [9.17, 15) is 0 Å². The molecular formula is C12H19N3O2. The first kappa shape index (κ1) is 12.1. The summed E-state index contributed by atoms with van der Waals surface area (Å²) in [4.78, 5) is 8.13. The standard InChI is InChI=1S/C12H19N3O2/c1-16-10-5-8-14-11(15-10)17-9-12(13)6-3-2-4-7-12/h5,8H,2-4,6-7,9,13H2,1H3. The van der Waals surface area contributed by atoms with Gasteiger partial charge in [-0.1, -0.05) is 19.3 Å². The number of aromatic nitrogens is 2. The zero-order valence-electron chi connectivity index (χ0n) is 10.2. The van der Waals surface area contributed by atoms with E-state index in [1.807, 2.05) is 0 Å². The average Bonchev–Trinajstić information content (AvgIpc) is 2.38. The Bertz CT molecular complexity index is 365. The van der Waals surface area contributed by atoms with E-state index in [0.29, 0.717) is 18.5 Å². The largest absolute Gasteiger partial charge is 0.481 e. The first-order valence-electron chi connectivity index (χ1n) is 6.01. The maximum absolute atomic E-state index is 6.27. The Morgan fingerprint density at radius 1 is 1.35 bits per heavy atom. The van der Waals surface area contributed by atoms with Crippen molar-refractivity contribution < 1.29 is 9.47 Å². The minimum Gasteiger partial charge on any atom is -0.481 e. The van der Waals surface area contributed by atoms with Crippen LogP contribution in [0.4, 0.5) is 0 Å². The second kappa shape index (κ2) is 5.31. The molecule has 1 aliphatic rings. The highest BCUT2D eigenvalue weighted by atomic mass is 16.5. The van der Waals surface area contributed by atoms with Crippen LogP contribution in [0.15, 0.2) is 12.3 Å². The number of methoxy groups -OCH3 is 1. The highest BCUT2D eigenvalue weighted by Gasteiger charge is 2.28. The van der Waals surface area contributed by atoms with E-state index >= 15 is 0 Å². The number of rotatable bonds is 4. The summed E-state index contributed by atoms with van der Waals surface area (Å²) in [6, 6.07) is 2.02. The molecule has 5 nitrogen and oxygen atoms in total. The van der Waals surface area contributed by atoms with Crippen molar-refractivity contribution >= 4 is 0 Å². The van der Waals surface area contributed by atoms with Crippen LogP contribution in [-0.4, -0.2) is 29.2 Å². The molecule has 0 saturated heterocycles. The van der Waals surface area contributed by atoms with Gasteiger partial charge in [0.2, 0.25) is 5.88 Å². The zero-order chi connectivity index (χ0) is 12.1. The molecule has 1 fully saturated rings. The Morgan fingerprint density at radius 3 is 2.82 bits per heavy atom. The summed E-state index contributed by atoms with van der Waals surface area (Å²) < 4.78 is 10.6. The summed E-state index contributed by atoms with van der Waals surface area (Å²) in [6.45, 7) is 0.472. The fraction of sp³-hybridized carbons (Fsp3) is 0.667. The smallest absolute Gasteiger partial charge is 0.319 e. The number of nitrogens with two attached hydrogens (primary N) is 1. The van der Waals surface area contributed by atoms with Gasteiger partial charge in [-0.05, 0) is 12.8 Å². The van der Waals surface area contributed by atoms with Crippen molar-refractivity contribution in [2.24, 2.45) is 5.73 Å².